The molecule has 9 nitrogen and oxygen atoms in total. The van der Waals surface area contributed by atoms with Gasteiger partial charge in [0.25, 0.3) is 0 Å². The Bertz CT molecular complexity index is 1740. The van der Waals surface area contributed by atoms with Crippen molar-refractivity contribution in [1.82, 2.24) is 15.0 Å². The van der Waals surface area contributed by atoms with Crippen LogP contribution in [0.4, 0.5) is 15.9 Å². The molecule has 0 fully saturated rings. The average molecular weight is 627 g/mol. The number of ether oxygens (including phenoxy) is 3. The van der Waals surface area contributed by atoms with Crippen LogP contribution in [-0.2, 0) is 31.5 Å². The van der Waals surface area contributed by atoms with Crippen molar-refractivity contribution in [2.24, 2.45) is 0 Å². The monoisotopic (exact) mass is 626 g/mol. The standard InChI is InChI=1S/C31H32ClFN4O5S/c1-20(2)43(38,39)13-12-40-21(3)31(10-5-11-42-31)29-16-25-27(17-34-29)35-19-36-30(25)37-24-8-9-28(26(32)15-24)41-18-22-6-4-7-23(33)14-22/h4-9,11,14-17,19-21H,10,12-13,18H2,1-3H3,(H,35,36,37). The number of nitrogens with zero attached hydrogens (tertiary/aromatic N) is 3. The summed E-state index contributed by atoms with van der Waals surface area (Å²) in [4.78, 5) is 13.5. The lowest BCUT2D eigenvalue weighted by molar-refractivity contribution is -0.0988. The third-order valence-electron chi connectivity index (χ3n) is 7.34. The lowest BCUT2D eigenvalue weighted by atomic mass is 9.89. The molecule has 1 aliphatic heterocycles. The first-order valence-electron chi connectivity index (χ1n) is 13.8. The molecule has 2 atom stereocenters. The zero-order chi connectivity index (χ0) is 30.6. The number of aromatic nitrogens is 3. The van der Waals surface area contributed by atoms with E-state index in [-0.39, 0.29) is 24.8 Å². The van der Waals surface area contributed by atoms with Crippen molar-refractivity contribution >= 4 is 43.8 Å². The maximum Gasteiger partial charge on any atom is 0.179 e. The molecule has 2 aromatic carbocycles. The number of halogens is 2. The van der Waals surface area contributed by atoms with Crippen LogP contribution in [0.2, 0.25) is 5.02 Å². The number of sulfone groups is 1. The van der Waals surface area contributed by atoms with Gasteiger partial charge in [-0.05, 0) is 68.8 Å². The van der Waals surface area contributed by atoms with Gasteiger partial charge in [-0.25, -0.2) is 22.8 Å². The van der Waals surface area contributed by atoms with E-state index < -0.39 is 26.8 Å². The van der Waals surface area contributed by atoms with E-state index in [1.165, 1.54) is 18.5 Å². The molecule has 4 aromatic rings. The number of fused-ring (bicyclic) bond motifs is 1. The normalized spacial score (nSPS) is 17.3. The Kier molecular flexibility index (Phi) is 9.14. The highest BCUT2D eigenvalue weighted by Gasteiger charge is 2.44. The number of anilines is 2. The molecule has 0 saturated heterocycles. The zero-order valence-corrected chi connectivity index (χ0v) is 25.5. The van der Waals surface area contributed by atoms with Gasteiger partial charge in [0.05, 0.1) is 46.3 Å². The number of rotatable bonds is 12. The van der Waals surface area contributed by atoms with Crippen LogP contribution in [0.25, 0.3) is 10.9 Å². The molecule has 43 heavy (non-hydrogen) atoms. The summed E-state index contributed by atoms with van der Waals surface area (Å²) in [6, 6.07) is 13.3. The smallest absolute Gasteiger partial charge is 0.179 e. The first-order valence-corrected chi connectivity index (χ1v) is 15.9. The van der Waals surface area contributed by atoms with Gasteiger partial charge in [0.15, 0.2) is 15.4 Å². The Labute approximate surface area is 255 Å². The lowest BCUT2D eigenvalue weighted by Crippen LogP contribution is -2.40. The fourth-order valence-corrected chi connectivity index (χ4v) is 5.73. The molecule has 12 heteroatoms. The minimum atomic E-state index is -3.24. The van der Waals surface area contributed by atoms with Gasteiger partial charge in [-0.15, -0.1) is 0 Å². The van der Waals surface area contributed by atoms with Crippen molar-refractivity contribution in [3.05, 3.63) is 95.5 Å². The van der Waals surface area contributed by atoms with Crippen molar-refractivity contribution in [3.63, 3.8) is 0 Å². The van der Waals surface area contributed by atoms with Gasteiger partial charge in [0, 0.05) is 17.5 Å². The third kappa shape index (κ3) is 6.90. The van der Waals surface area contributed by atoms with E-state index in [1.54, 1.807) is 56.6 Å². The molecule has 0 amide bonds. The van der Waals surface area contributed by atoms with Gasteiger partial charge in [0.1, 0.15) is 36.4 Å². The number of hydrogen-bond acceptors (Lipinski definition) is 9. The molecule has 1 aliphatic rings. The summed E-state index contributed by atoms with van der Waals surface area (Å²) >= 11 is 6.51. The predicted octanol–water partition coefficient (Wildman–Crippen LogP) is 6.50. The van der Waals surface area contributed by atoms with Crippen molar-refractivity contribution in [1.29, 1.82) is 0 Å². The predicted molar refractivity (Wildman–Crippen MR) is 164 cm³/mol. The second kappa shape index (κ2) is 12.8. The highest BCUT2D eigenvalue weighted by molar-refractivity contribution is 7.91. The van der Waals surface area contributed by atoms with E-state index in [0.29, 0.717) is 50.9 Å². The first kappa shape index (κ1) is 30.7. The molecule has 0 spiro atoms. The number of benzene rings is 2. The fourth-order valence-electron chi connectivity index (χ4n) is 4.70. The number of hydrogen-bond donors (Lipinski definition) is 1. The van der Waals surface area contributed by atoms with Crippen molar-refractivity contribution < 1.29 is 27.0 Å². The number of nitrogens with one attached hydrogen (secondary N) is 1. The third-order valence-corrected chi connectivity index (χ3v) is 9.81. The summed E-state index contributed by atoms with van der Waals surface area (Å²) < 4.78 is 55.9. The summed E-state index contributed by atoms with van der Waals surface area (Å²) in [7, 11) is -3.24. The molecule has 0 radical (unpaired) electrons. The highest BCUT2D eigenvalue weighted by Crippen LogP contribution is 2.40. The Morgan fingerprint density at radius 1 is 1.12 bits per heavy atom. The van der Waals surface area contributed by atoms with Gasteiger partial charge in [0.2, 0.25) is 0 Å². The van der Waals surface area contributed by atoms with Gasteiger partial charge in [-0.1, -0.05) is 23.7 Å². The van der Waals surface area contributed by atoms with Crippen molar-refractivity contribution in [3.8, 4) is 5.75 Å². The summed E-state index contributed by atoms with van der Waals surface area (Å²) in [5, 5.41) is 3.89. The van der Waals surface area contributed by atoms with Crippen molar-refractivity contribution in [2.75, 3.05) is 17.7 Å². The van der Waals surface area contributed by atoms with Crippen LogP contribution in [0.15, 0.2) is 73.4 Å². The molecule has 2 aromatic heterocycles. The van der Waals surface area contributed by atoms with E-state index in [1.807, 2.05) is 19.1 Å². The topological polar surface area (TPSA) is 113 Å². The SMILES string of the molecule is CC(OCCS(=O)(=O)C(C)C)C1(c2cc3c(Nc4ccc(OCc5cccc(F)c5)c(Cl)c4)ncnc3cn2)CC=CO1. The largest absolute Gasteiger partial charge is 0.487 e. The molecule has 0 aliphatic carbocycles. The van der Waals surface area contributed by atoms with Crippen LogP contribution in [0.5, 0.6) is 5.75 Å². The zero-order valence-electron chi connectivity index (χ0n) is 24.0. The maximum atomic E-state index is 13.5. The minimum absolute atomic E-state index is 0.0407. The van der Waals surface area contributed by atoms with Crippen LogP contribution in [0.3, 0.4) is 0 Å². The van der Waals surface area contributed by atoms with Crippen LogP contribution < -0.4 is 10.1 Å². The molecule has 5 rings (SSSR count). The van der Waals surface area contributed by atoms with Crippen molar-refractivity contribution in [2.45, 2.75) is 50.8 Å². The van der Waals surface area contributed by atoms with E-state index in [2.05, 4.69) is 20.3 Å². The second-order valence-electron chi connectivity index (χ2n) is 10.5. The van der Waals surface area contributed by atoms with Gasteiger partial charge >= 0.3 is 0 Å². The van der Waals surface area contributed by atoms with Gasteiger partial charge < -0.3 is 19.5 Å². The van der Waals surface area contributed by atoms with Crippen LogP contribution in [0.1, 0.15) is 38.4 Å². The second-order valence-corrected chi connectivity index (χ2v) is 13.6. The fraction of sp³-hybridized carbons (Fsp3) is 0.323. The van der Waals surface area contributed by atoms with E-state index in [4.69, 9.17) is 25.8 Å². The molecule has 2 unspecified atom stereocenters. The van der Waals surface area contributed by atoms with Crippen LogP contribution in [0, 0.1) is 5.82 Å². The Morgan fingerprint density at radius 3 is 2.67 bits per heavy atom. The summed E-state index contributed by atoms with van der Waals surface area (Å²) in [5.41, 5.74) is 1.61. The molecule has 226 valence electrons. The highest BCUT2D eigenvalue weighted by atomic mass is 35.5. The Morgan fingerprint density at radius 2 is 1.95 bits per heavy atom. The summed E-state index contributed by atoms with van der Waals surface area (Å²) in [6.45, 7) is 5.37. The number of pyridine rings is 1. The van der Waals surface area contributed by atoms with E-state index in [0.717, 1.165) is 0 Å². The minimum Gasteiger partial charge on any atom is -0.487 e. The molecule has 3 heterocycles. The average Bonchev–Trinajstić information content (AvgIpc) is 3.48. The van der Waals surface area contributed by atoms with E-state index >= 15 is 0 Å². The van der Waals surface area contributed by atoms with Crippen LogP contribution >= 0.6 is 11.6 Å². The van der Waals surface area contributed by atoms with E-state index in [9.17, 15) is 12.8 Å². The first-order chi connectivity index (χ1) is 20.6. The maximum absolute atomic E-state index is 13.5. The van der Waals surface area contributed by atoms with Gasteiger partial charge in [-0.2, -0.15) is 0 Å². The van der Waals surface area contributed by atoms with Gasteiger partial charge in [-0.3, -0.25) is 4.98 Å². The molecular weight excluding hydrogens is 595 g/mol. The quantitative estimate of drug-likeness (QED) is 0.188. The molecular formula is C31H32ClFN4O5S. The van der Waals surface area contributed by atoms with Crippen LogP contribution in [-0.4, -0.2) is 47.1 Å². The molecule has 0 bridgehead atoms. The lowest BCUT2D eigenvalue weighted by Gasteiger charge is -2.34. The summed E-state index contributed by atoms with van der Waals surface area (Å²) in [5.74, 6) is 0.570. The molecule has 1 N–H and O–H groups in total. The summed E-state index contributed by atoms with van der Waals surface area (Å²) in [6.07, 6.45) is 6.57. The molecule has 0 saturated carbocycles. The Balaban J connectivity index is 1.35. The Hall–Kier alpha value is -3.80.